The van der Waals surface area contributed by atoms with Gasteiger partial charge in [0.25, 0.3) is 0 Å². The maximum absolute atomic E-state index is 6.22. The van der Waals surface area contributed by atoms with Crippen LogP contribution in [0.4, 0.5) is 0 Å². The molecule has 84 valence electrons. The van der Waals surface area contributed by atoms with Crippen LogP contribution in [0, 0.1) is 13.8 Å². The summed E-state index contributed by atoms with van der Waals surface area (Å²) < 4.78 is 1.98. The number of benzene rings is 1. The van der Waals surface area contributed by atoms with Crippen molar-refractivity contribution in [2.45, 2.75) is 19.7 Å². The van der Waals surface area contributed by atoms with Gasteiger partial charge in [0.05, 0.1) is 22.7 Å². The van der Waals surface area contributed by atoms with Crippen molar-refractivity contribution in [1.82, 2.24) is 9.55 Å². The van der Waals surface area contributed by atoms with Crippen LogP contribution in [-0.4, -0.2) is 9.55 Å². The summed E-state index contributed by atoms with van der Waals surface area (Å²) in [4.78, 5) is 4.27. The summed E-state index contributed by atoms with van der Waals surface area (Å²) in [7, 11) is 0. The summed E-state index contributed by atoms with van der Waals surface area (Å²) >= 11 is 12.1. The molecule has 4 heteroatoms. The Labute approximate surface area is 105 Å². The van der Waals surface area contributed by atoms with Crippen molar-refractivity contribution in [2.75, 3.05) is 0 Å². The zero-order valence-electron chi connectivity index (χ0n) is 9.17. The van der Waals surface area contributed by atoms with Gasteiger partial charge in [-0.3, -0.25) is 0 Å². The number of para-hydroxylation sites is 1. The maximum atomic E-state index is 6.22. The van der Waals surface area contributed by atoms with Crippen molar-refractivity contribution in [3.63, 3.8) is 0 Å². The maximum Gasteiger partial charge on any atom is 0.0998 e. The number of hydrogen-bond donors (Lipinski definition) is 0. The molecule has 2 rings (SSSR count). The van der Waals surface area contributed by atoms with E-state index in [1.807, 2.05) is 36.6 Å². The molecule has 0 atom stereocenters. The number of halogens is 2. The van der Waals surface area contributed by atoms with Crippen LogP contribution in [0.1, 0.15) is 17.0 Å². The number of rotatable bonds is 2. The smallest absolute Gasteiger partial charge is 0.0998 e. The molecule has 0 saturated carbocycles. The summed E-state index contributed by atoms with van der Waals surface area (Å²) in [6, 6.07) is 5.74. The molecule has 0 fully saturated rings. The molecular formula is C12H12Cl2N2. The normalized spacial score (nSPS) is 10.8. The molecule has 0 saturated heterocycles. The van der Waals surface area contributed by atoms with Crippen LogP contribution in [0.3, 0.4) is 0 Å². The fraction of sp³-hybridized carbons (Fsp3) is 0.250. The fourth-order valence-electron chi connectivity index (χ4n) is 1.66. The Bertz CT molecular complexity index is 518. The molecule has 2 nitrogen and oxygen atoms in total. The highest BCUT2D eigenvalue weighted by Crippen LogP contribution is 2.27. The van der Waals surface area contributed by atoms with E-state index in [4.69, 9.17) is 23.2 Å². The van der Waals surface area contributed by atoms with E-state index in [0.29, 0.717) is 10.9 Å². The lowest BCUT2D eigenvalue weighted by atomic mass is 10.2. The predicted molar refractivity (Wildman–Crippen MR) is 67.6 cm³/mol. The summed E-state index contributed by atoms with van der Waals surface area (Å²) in [6.45, 7) is 3.99. The molecular weight excluding hydrogens is 243 g/mol. The first kappa shape index (κ1) is 11.5. The third kappa shape index (κ3) is 1.83. The van der Waals surface area contributed by atoms with Crippen molar-refractivity contribution in [3.05, 3.63) is 46.5 Å². The van der Waals surface area contributed by atoms with Gasteiger partial charge in [-0.25, -0.2) is 4.98 Å². The predicted octanol–water partition coefficient (Wildman–Crippen LogP) is 3.88. The number of alkyl halides is 1. The largest absolute Gasteiger partial charge is 0.301 e. The lowest BCUT2D eigenvalue weighted by Gasteiger charge is -2.12. The van der Waals surface area contributed by atoms with Crippen LogP contribution in [0.15, 0.2) is 24.5 Å². The van der Waals surface area contributed by atoms with E-state index in [0.717, 1.165) is 22.6 Å². The highest BCUT2D eigenvalue weighted by Gasteiger charge is 2.11. The van der Waals surface area contributed by atoms with Crippen LogP contribution in [0.25, 0.3) is 5.69 Å². The molecule has 0 radical (unpaired) electrons. The van der Waals surface area contributed by atoms with E-state index in [1.165, 1.54) is 0 Å². The zero-order chi connectivity index (χ0) is 11.7. The average molecular weight is 255 g/mol. The van der Waals surface area contributed by atoms with Crippen LogP contribution in [-0.2, 0) is 5.88 Å². The molecule has 0 aliphatic rings. The second kappa shape index (κ2) is 4.48. The molecule has 0 bridgehead atoms. The molecule has 1 heterocycles. The summed E-state index contributed by atoms with van der Waals surface area (Å²) in [5.74, 6) is 0.437. The van der Waals surface area contributed by atoms with E-state index in [9.17, 15) is 0 Å². The highest BCUT2D eigenvalue weighted by atomic mass is 35.5. The van der Waals surface area contributed by atoms with Crippen LogP contribution < -0.4 is 0 Å². The number of aromatic nitrogens is 2. The van der Waals surface area contributed by atoms with Crippen molar-refractivity contribution >= 4 is 23.2 Å². The standard InChI is InChI=1S/C12H12Cl2N2/c1-8-9(2)16(7-15-8)12-10(6-13)4-3-5-11(12)14/h3-5,7H,6H2,1-2H3. The minimum absolute atomic E-state index is 0.437. The summed E-state index contributed by atoms with van der Waals surface area (Å²) in [5.41, 5.74) is 4.02. The lowest BCUT2D eigenvalue weighted by molar-refractivity contribution is 0.985. The van der Waals surface area contributed by atoms with Gasteiger partial charge >= 0.3 is 0 Å². The first-order valence-corrected chi connectivity index (χ1v) is 5.90. The van der Waals surface area contributed by atoms with Crippen molar-refractivity contribution in [1.29, 1.82) is 0 Å². The molecule has 1 aromatic heterocycles. The summed E-state index contributed by atoms with van der Waals surface area (Å²) in [6.07, 6.45) is 1.78. The van der Waals surface area contributed by atoms with Gasteiger partial charge in [-0.05, 0) is 25.5 Å². The Hall–Kier alpha value is -0.990. The van der Waals surface area contributed by atoms with E-state index in [2.05, 4.69) is 4.98 Å². The van der Waals surface area contributed by atoms with Gasteiger partial charge in [0.15, 0.2) is 0 Å². The monoisotopic (exact) mass is 254 g/mol. The Morgan fingerprint density at radius 2 is 2.06 bits per heavy atom. The molecule has 0 N–H and O–H groups in total. The van der Waals surface area contributed by atoms with Gasteiger partial charge in [0.2, 0.25) is 0 Å². The van der Waals surface area contributed by atoms with Gasteiger partial charge in [0.1, 0.15) is 0 Å². The van der Waals surface area contributed by atoms with Crippen molar-refractivity contribution in [3.8, 4) is 5.69 Å². The SMILES string of the molecule is Cc1ncn(-c2c(Cl)cccc2CCl)c1C. The van der Waals surface area contributed by atoms with Gasteiger partial charge in [-0.1, -0.05) is 23.7 Å². The lowest BCUT2D eigenvalue weighted by Crippen LogP contribution is -2.00. The number of hydrogen-bond acceptors (Lipinski definition) is 1. The number of imidazole rings is 1. The molecule has 0 unspecified atom stereocenters. The Balaban J connectivity index is 2.68. The van der Waals surface area contributed by atoms with Crippen LogP contribution in [0.2, 0.25) is 5.02 Å². The molecule has 1 aromatic carbocycles. The van der Waals surface area contributed by atoms with Crippen LogP contribution >= 0.6 is 23.2 Å². The molecule has 0 aliphatic heterocycles. The molecule has 0 spiro atoms. The van der Waals surface area contributed by atoms with Gasteiger partial charge in [-0.2, -0.15) is 0 Å². The molecule has 16 heavy (non-hydrogen) atoms. The minimum atomic E-state index is 0.437. The van der Waals surface area contributed by atoms with E-state index in [-0.39, 0.29) is 0 Å². The van der Waals surface area contributed by atoms with Crippen LogP contribution in [0.5, 0.6) is 0 Å². The van der Waals surface area contributed by atoms with E-state index >= 15 is 0 Å². The molecule has 0 amide bonds. The number of aryl methyl sites for hydroxylation is 1. The van der Waals surface area contributed by atoms with Gasteiger partial charge in [0, 0.05) is 11.6 Å². The van der Waals surface area contributed by atoms with Gasteiger partial charge < -0.3 is 4.57 Å². The Morgan fingerprint density at radius 3 is 2.62 bits per heavy atom. The Morgan fingerprint density at radius 1 is 1.31 bits per heavy atom. The molecule has 0 aliphatic carbocycles. The summed E-state index contributed by atoms with van der Waals surface area (Å²) in [5, 5.41) is 0.693. The minimum Gasteiger partial charge on any atom is -0.301 e. The van der Waals surface area contributed by atoms with E-state index in [1.54, 1.807) is 6.33 Å². The zero-order valence-corrected chi connectivity index (χ0v) is 10.7. The third-order valence-corrected chi connectivity index (χ3v) is 3.30. The second-order valence-corrected chi connectivity index (χ2v) is 4.34. The highest BCUT2D eigenvalue weighted by molar-refractivity contribution is 6.32. The first-order chi connectivity index (χ1) is 7.65. The van der Waals surface area contributed by atoms with Crippen molar-refractivity contribution < 1.29 is 0 Å². The van der Waals surface area contributed by atoms with Gasteiger partial charge in [-0.15, -0.1) is 11.6 Å². The second-order valence-electron chi connectivity index (χ2n) is 3.67. The quantitative estimate of drug-likeness (QED) is 0.744. The first-order valence-electron chi connectivity index (χ1n) is 4.99. The van der Waals surface area contributed by atoms with E-state index < -0.39 is 0 Å². The van der Waals surface area contributed by atoms with Crippen molar-refractivity contribution in [2.24, 2.45) is 0 Å². The Kier molecular flexibility index (Phi) is 3.22. The fourth-order valence-corrected chi connectivity index (χ4v) is 2.16. The third-order valence-electron chi connectivity index (χ3n) is 2.71. The number of nitrogens with zero attached hydrogens (tertiary/aromatic N) is 2. The average Bonchev–Trinajstić information content (AvgIpc) is 2.60. The topological polar surface area (TPSA) is 17.8 Å². The molecule has 2 aromatic rings.